The Balaban J connectivity index is 2.63. The lowest BCUT2D eigenvalue weighted by molar-refractivity contribution is 0.296. The highest BCUT2D eigenvalue weighted by Gasteiger charge is 2.03. The number of benzene rings is 1. The fraction of sp³-hybridized carbons (Fsp3) is 0.417. The second-order valence-electron chi connectivity index (χ2n) is 3.54. The van der Waals surface area contributed by atoms with Gasteiger partial charge >= 0.3 is 0 Å². The van der Waals surface area contributed by atoms with Crippen LogP contribution in [0.15, 0.2) is 35.3 Å². The topological polar surface area (TPSA) is 15.6 Å². The molecule has 14 heavy (non-hydrogen) atoms. The number of aliphatic imine (C=N–C) groups is 1. The lowest BCUT2D eigenvalue weighted by atomic mass is 10.2. The first-order valence-electron chi connectivity index (χ1n) is 4.98. The SMILES string of the molecule is CCC(/N=C/c1ccccc1)N(C)C. The second-order valence-corrected chi connectivity index (χ2v) is 3.54. The van der Waals surface area contributed by atoms with E-state index in [4.69, 9.17) is 0 Å². The van der Waals surface area contributed by atoms with Gasteiger partial charge in [-0.05, 0) is 26.1 Å². The third-order valence-corrected chi connectivity index (χ3v) is 2.16. The van der Waals surface area contributed by atoms with Crippen LogP contribution in [0.4, 0.5) is 0 Å². The molecule has 1 aromatic rings. The Morgan fingerprint density at radius 2 is 1.93 bits per heavy atom. The van der Waals surface area contributed by atoms with Crippen molar-refractivity contribution < 1.29 is 0 Å². The zero-order valence-corrected chi connectivity index (χ0v) is 9.14. The van der Waals surface area contributed by atoms with Gasteiger partial charge in [-0.2, -0.15) is 0 Å². The summed E-state index contributed by atoms with van der Waals surface area (Å²) >= 11 is 0. The highest BCUT2D eigenvalue weighted by Crippen LogP contribution is 2.01. The van der Waals surface area contributed by atoms with E-state index in [2.05, 4.69) is 43.0 Å². The predicted molar refractivity (Wildman–Crippen MR) is 61.8 cm³/mol. The Kier molecular flexibility index (Phi) is 4.33. The van der Waals surface area contributed by atoms with E-state index in [1.807, 2.05) is 24.4 Å². The molecule has 1 atom stereocenters. The van der Waals surface area contributed by atoms with Gasteiger partial charge in [-0.25, -0.2) is 0 Å². The van der Waals surface area contributed by atoms with Gasteiger partial charge in [0.1, 0.15) is 6.17 Å². The summed E-state index contributed by atoms with van der Waals surface area (Å²) in [6.45, 7) is 2.15. The summed E-state index contributed by atoms with van der Waals surface area (Å²) in [5.41, 5.74) is 1.16. The molecule has 0 radical (unpaired) electrons. The Morgan fingerprint density at radius 1 is 1.29 bits per heavy atom. The molecule has 1 aromatic carbocycles. The van der Waals surface area contributed by atoms with Gasteiger partial charge in [0.15, 0.2) is 0 Å². The first kappa shape index (κ1) is 10.9. The second kappa shape index (κ2) is 5.55. The Morgan fingerprint density at radius 3 is 2.43 bits per heavy atom. The maximum atomic E-state index is 4.51. The van der Waals surface area contributed by atoms with Crippen molar-refractivity contribution in [2.24, 2.45) is 4.99 Å². The molecule has 0 spiro atoms. The molecule has 0 aliphatic carbocycles. The van der Waals surface area contributed by atoms with Crippen LogP contribution in [0, 0.1) is 0 Å². The summed E-state index contributed by atoms with van der Waals surface area (Å²) in [7, 11) is 4.10. The molecule has 0 aliphatic rings. The average molecular weight is 190 g/mol. The number of nitrogens with zero attached hydrogens (tertiary/aromatic N) is 2. The minimum Gasteiger partial charge on any atom is -0.288 e. The summed E-state index contributed by atoms with van der Waals surface area (Å²) in [5, 5.41) is 0. The quantitative estimate of drug-likeness (QED) is 0.666. The van der Waals surface area contributed by atoms with Crippen LogP contribution < -0.4 is 0 Å². The van der Waals surface area contributed by atoms with E-state index in [1.54, 1.807) is 0 Å². The van der Waals surface area contributed by atoms with Crippen LogP contribution in [0.5, 0.6) is 0 Å². The Labute approximate surface area is 86.3 Å². The summed E-state index contributed by atoms with van der Waals surface area (Å²) in [4.78, 5) is 6.64. The molecule has 0 N–H and O–H groups in total. The van der Waals surface area contributed by atoms with E-state index < -0.39 is 0 Å². The first-order chi connectivity index (χ1) is 6.74. The van der Waals surface area contributed by atoms with Gasteiger partial charge in [0.05, 0.1) is 0 Å². The molecule has 1 unspecified atom stereocenters. The van der Waals surface area contributed by atoms with E-state index in [-0.39, 0.29) is 6.17 Å². The van der Waals surface area contributed by atoms with Crippen molar-refractivity contribution in [2.45, 2.75) is 19.5 Å². The third-order valence-electron chi connectivity index (χ3n) is 2.16. The van der Waals surface area contributed by atoms with Crippen LogP contribution in [-0.2, 0) is 0 Å². The number of hydrogen-bond acceptors (Lipinski definition) is 2. The van der Waals surface area contributed by atoms with Crippen molar-refractivity contribution >= 4 is 6.21 Å². The summed E-state index contributed by atoms with van der Waals surface area (Å²) < 4.78 is 0. The van der Waals surface area contributed by atoms with Crippen LogP contribution in [0.1, 0.15) is 18.9 Å². The van der Waals surface area contributed by atoms with E-state index in [0.717, 1.165) is 12.0 Å². The van der Waals surface area contributed by atoms with E-state index in [1.165, 1.54) is 0 Å². The molecule has 0 saturated carbocycles. The molecular formula is C12H18N2. The summed E-state index contributed by atoms with van der Waals surface area (Å²) in [6, 6.07) is 10.2. The normalized spacial score (nSPS) is 13.7. The molecule has 0 bridgehead atoms. The lowest BCUT2D eigenvalue weighted by Crippen LogP contribution is -2.25. The molecule has 1 rings (SSSR count). The molecule has 2 nitrogen and oxygen atoms in total. The number of rotatable bonds is 4. The summed E-state index contributed by atoms with van der Waals surface area (Å²) in [5.74, 6) is 0. The van der Waals surface area contributed by atoms with Crippen molar-refractivity contribution in [2.75, 3.05) is 14.1 Å². The summed E-state index contributed by atoms with van der Waals surface area (Å²) in [6.07, 6.45) is 3.26. The molecule has 0 saturated heterocycles. The number of hydrogen-bond donors (Lipinski definition) is 0. The Bertz CT molecular complexity index is 278. The average Bonchev–Trinajstić information content (AvgIpc) is 2.20. The van der Waals surface area contributed by atoms with Gasteiger partial charge in [-0.3, -0.25) is 9.89 Å². The van der Waals surface area contributed by atoms with Crippen molar-refractivity contribution in [1.29, 1.82) is 0 Å². The minimum atomic E-state index is 0.287. The molecule has 2 heteroatoms. The maximum absolute atomic E-state index is 4.51. The lowest BCUT2D eigenvalue weighted by Gasteiger charge is -2.17. The van der Waals surface area contributed by atoms with Crippen molar-refractivity contribution in [3.05, 3.63) is 35.9 Å². The van der Waals surface area contributed by atoms with Crippen LogP contribution in [0.25, 0.3) is 0 Å². The molecule has 0 amide bonds. The van der Waals surface area contributed by atoms with Crippen LogP contribution >= 0.6 is 0 Å². The molecule has 0 heterocycles. The van der Waals surface area contributed by atoms with Crippen LogP contribution in [0.3, 0.4) is 0 Å². The van der Waals surface area contributed by atoms with Gasteiger partial charge in [-0.1, -0.05) is 37.3 Å². The highest BCUT2D eigenvalue weighted by atomic mass is 15.2. The monoisotopic (exact) mass is 190 g/mol. The molecule has 0 fully saturated rings. The van der Waals surface area contributed by atoms with Gasteiger partial charge < -0.3 is 0 Å². The van der Waals surface area contributed by atoms with Gasteiger partial charge in [0.25, 0.3) is 0 Å². The third kappa shape index (κ3) is 3.30. The standard InChI is InChI=1S/C12H18N2/c1-4-12(14(2)3)13-10-11-8-6-5-7-9-11/h5-10,12H,4H2,1-3H3/b13-10+. The maximum Gasteiger partial charge on any atom is 0.101 e. The van der Waals surface area contributed by atoms with Crippen molar-refractivity contribution in [3.8, 4) is 0 Å². The smallest absolute Gasteiger partial charge is 0.101 e. The predicted octanol–water partition coefficient (Wildman–Crippen LogP) is 2.40. The molecular weight excluding hydrogens is 172 g/mol. The zero-order valence-electron chi connectivity index (χ0n) is 9.14. The zero-order chi connectivity index (χ0) is 10.4. The van der Waals surface area contributed by atoms with Gasteiger partial charge in [0, 0.05) is 6.21 Å². The Hall–Kier alpha value is -1.15. The van der Waals surface area contributed by atoms with Gasteiger partial charge in [-0.15, -0.1) is 0 Å². The van der Waals surface area contributed by atoms with Crippen molar-refractivity contribution in [1.82, 2.24) is 4.90 Å². The molecule has 0 aliphatic heterocycles. The largest absolute Gasteiger partial charge is 0.288 e. The van der Waals surface area contributed by atoms with E-state index in [9.17, 15) is 0 Å². The minimum absolute atomic E-state index is 0.287. The fourth-order valence-electron chi connectivity index (χ4n) is 1.32. The van der Waals surface area contributed by atoms with Crippen molar-refractivity contribution in [3.63, 3.8) is 0 Å². The fourth-order valence-corrected chi connectivity index (χ4v) is 1.32. The van der Waals surface area contributed by atoms with Gasteiger partial charge in [0.2, 0.25) is 0 Å². The van der Waals surface area contributed by atoms with Crippen LogP contribution in [0.2, 0.25) is 0 Å². The van der Waals surface area contributed by atoms with E-state index in [0.29, 0.717) is 0 Å². The first-order valence-corrected chi connectivity index (χ1v) is 4.98. The van der Waals surface area contributed by atoms with Crippen LogP contribution in [-0.4, -0.2) is 31.4 Å². The molecule has 76 valence electrons. The van der Waals surface area contributed by atoms with E-state index >= 15 is 0 Å². The molecule has 0 aromatic heterocycles. The highest BCUT2D eigenvalue weighted by molar-refractivity contribution is 5.79.